The lowest BCUT2D eigenvalue weighted by molar-refractivity contribution is 0.0955. The SMILES string of the molecule is CNc1ccc(C(=O)NC2CC2)s1. The van der Waals surface area contributed by atoms with Gasteiger partial charge in [0.1, 0.15) is 0 Å². The molecule has 1 heterocycles. The molecule has 2 rings (SSSR count). The van der Waals surface area contributed by atoms with E-state index in [1.807, 2.05) is 19.2 Å². The smallest absolute Gasteiger partial charge is 0.261 e. The zero-order chi connectivity index (χ0) is 9.26. The second-order valence-corrected chi connectivity index (χ2v) is 4.25. The molecule has 1 aromatic heterocycles. The molecule has 1 aromatic rings. The Morgan fingerprint density at radius 3 is 2.85 bits per heavy atom. The number of amides is 1. The highest BCUT2D eigenvalue weighted by atomic mass is 32.1. The highest BCUT2D eigenvalue weighted by molar-refractivity contribution is 7.17. The number of thiophene rings is 1. The molecular weight excluding hydrogens is 184 g/mol. The van der Waals surface area contributed by atoms with E-state index in [9.17, 15) is 4.79 Å². The van der Waals surface area contributed by atoms with Crippen molar-refractivity contribution in [2.75, 3.05) is 12.4 Å². The van der Waals surface area contributed by atoms with E-state index in [1.54, 1.807) is 0 Å². The molecule has 0 spiro atoms. The van der Waals surface area contributed by atoms with Gasteiger partial charge in [-0.25, -0.2) is 0 Å². The first-order chi connectivity index (χ1) is 6.29. The van der Waals surface area contributed by atoms with Crippen molar-refractivity contribution in [3.63, 3.8) is 0 Å². The van der Waals surface area contributed by atoms with E-state index in [-0.39, 0.29) is 5.91 Å². The van der Waals surface area contributed by atoms with Gasteiger partial charge in [0.15, 0.2) is 0 Å². The molecule has 70 valence electrons. The van der Waals surface area contributed by atoms with E-state index in [1.165, 1.54) is 11.3 Å². The van der Waals surface area contributed by atoms with Crippen molar-refractivity contribution in [3.8, 4) is 0 Å². The molecule has 0 atom stereocenters. The van der Waals surface area contributed by atoms with Gasteiger partial charge in [0.05, 0.1) is 9.88 Å². The highest BCUT2D eigenvalue weighted by Gasteiger charge is 2.24. The quantitative estimate of drug-likeness (QED) is 0.772. The van der Waals surface area contributed by atoms with Crippen molar-refractivity contribution in [1.29, 1.82) is 0 Å². The van der Waals surface area contributed by atoms with E-state index in [0.717, 1.165) is 22.7 Å². The van der Waals surface area contributed by atoms with Gasteiger partial charge >= 0.3 is 0 Å². The third-order valence-electron chi connectivity index (χ3n) is 1.99. The third kappa shape index (κ3) is 2.01. The topological polar surface area (TPSA) is 41.1 Å². The molecule has 4 heteroatoms. The maximum absolute atomic E-state index is 11.5. The first kappa shape index (κ1) is 8.56. The van der Waals surface area contributed by atoms with Crippen LogP contribution in [0.2, 0.25) is 0 Å². The zero-order valence-electron chi connectivity index (χ0n) is 7.46. The van der Waals surface area contributed by atoms with Crippen LogP contribution in [0.15, 0.2) is 12.1 Å². The van der Waals surface area contributed by atoms with Crippen LogP contribution < -0.4 is 10.6 Å². The van der Waals surface area contributed by atoms with Crippen LogP contribution >= 0.6 is 11.3 Å². The second-order valence-electron chi connectivity index (χ2n) is 3.16. The van der Waals surface area contributed by atoms with E-state index >= 15 is 0 Å². The van der Waals surface area contributed by atoms with E-state index in [4.69, 9.17) is 0 Å². The summed E-state index contributed by atoms with van der Waals surface area (Å²) >= 11 is 1.49. The lowest BCUT2D eigenvalue weighted by Gasteiger charge is -1.98. The summed E-state index contributed by atoms with van der Waals surface area (Å²) in [4.78, 5) is 12.3. The number of carbonyl (C=O) groups is 1. The van der Waals surface area contributed by atoms with Crippen LogP contribution in [0.1, 0.15) is 22.5 Å². The number of nitrogens with one attached hydrogen (secondary N) is 2. The molecule has 2 N–H and O–H groups in total. The number of carbonyl (C=O) groups excluding carboxylic acids is 1. The van der Waals surface area contributed by atoms with Crippen molar-refractivity contribution in [2.24, 2.45) is 0 Å². The molecule has 1 amide bonds. The molecule has 1 fully saturated rings. The molecule has 0 radical (unpaired) electrons. The van der Waals surface area contributed by atoms with Gasteiger partial charge in [-0.3, -0.25) is 4.79 Å². The predicted octanol–water partition coefficient (Wildman–Crippen LogP) is 1.68. The Morgan fingerprint density at radius 2 is 2.31 bits per heavy atom. The van der Waals surface area contributed by atoms with Gasteiger partial charge in [0.2, 0.25) is 0 Å². The highest BCUT2D eigenvalue weighted by Crippen LogP contribution is 2.23. The largest absolute Gasteiger partial charge is 0.380 e. The minimum Gasteiger partial charge on any atom is -0.380 e. The maximum atomic E-state index is 11.5. The Labute approximate surface area is 81.2 Å². The van der Waals surface area contributed by atoms with Crippen LogP contribution in [0, 0.1) is 0 Å². The number of hydrogen-bond donors (Lipinski definition) is 2. The van der Waals surface area contributed by atoms with Gasteiger partial charge in [-0.2, -0.15) is 0 Å². The molecule has 0 unspecified atom stereocenters. The molecule has 3 nitrogen and oxygen atoms in total. The lowest BCUT2D eigenvalue weighted by atomic mass is 10.4. The Kier molecular flexibility index (Phi) is 2.22. The normalized spacial score (nSPS) is 15.5. The second kappa shape index (κ2) is 3.38. The number of anilines is 1. The average Bonchev–Trinajstić information content (AvgIpc) is 2.82. The van der Waals surface area contributed by atoms with Gasteiger partial charge < -0.3 is 10.6 Å². The average molecular weight is 196 g/mol. The molecule has 0 aliphatic heterocycles. The van der Waals surface area contributed by atoms with Crippen LogP contribution in [0.3, 0.4) is 0 Å². The van der Waals surface area contributed by atoms with Gasteiger partial charge in [-0.15, -0.1) is 11.3 Å². The van der Waals surface area contributed by atoms with Crippen molar-refractivity contribution in [1.82, 2.24) is 5.32 Å². The van der Waals surface area contributed by atoms with Crippen LogP contribution in [0.25, 0.3) is 0 Å². The van der Waals surface area contributed by atoms with Gasteiger partial charge in [-0.1, -0.05) is 0 Å². The van der Waals surface area contributed by atoms with Crippen LogP contribution in [-0.2, 0) is 0 Å². The summed E-state index contributed by atoms with van der Waals surface area (Å²) in [6.07, 6.45) is 2.27. The predicted molar refractivity (Wildman–Crippen MR) is 54.4 cm³/mol. The van der Waals surface area contributed by atoms with Crippen LogP contribution in [0.4, 0.5) is 5.00 Å². The lowest BCUT2D eigenvalue weighted by Crippen LogP contribution is -2.24. The van der Waals surface area contributed by atoms with Crippen molar-refractivity contribution >= 4 is 22.2 Å². The van der Waals surface area contributed by atoms with E-state index in [0.29, 0.717) is 6.04 Å². The minimum absolute atomic E-state index is 0.0639. The summed E-state index contributed by atoms with van der Waals surface area (Å²) in [5, 5.41) is 6.99. The van der Waals surface area contributed by atoms with Crippen LogP contribution in [-0.4, -0.2) is 19.0 Å². The molecule has 0 bridgehead atoms. The van der Waals surface area contributed by atoms with Crippen molar-refractivity contribution in [3.05, 3.63) is 17.0 Å². The Hall–Kier alpha value is -1.03. The zero-order valence-corrected chi connectivity index (χ0v) is 8.28. The fourth-order valence-electron chi connectivity index (χ4n) is 1.08. The van der Waals surface area contributed by atoms with Crippen molar-refractivity contribution in [2.45, 2.75) is 18.9 Å². The molecule has 1 aliphatic rings. The number of hydrogen-bond acceptors (Lipinski definition) is 3. The summed E-state index contributed by atoms with van der Waals surface area (Å²) in [6, 6.07) is 4.22. The summed E-state index contributed by atoms with van der Waals surface area (Å²) < 4.78 is 0. The first-order valence-electron chi connectivity index (χ1n) is 4.38. The Bertz CT molecular complexity index is 317. The monoisotopic (exact) mass is 196 g/mol. The molecule has 13 heavy (non-hydrogen) atoms. The third-order valence-corrected chi connectivity index (χ3v) is 3.09. The maximum Gasteiger partial charge on any atom is 0.261 e. The van der Waals surface area contributed by atoms with E-state index < -0.39 is 0 Å². The molecule has 1 aliphatic carbocycles. The molecular formula is C9H12N2OS. The molecule has 1 saturated carbocycles. The summed E-state index contributed by atoms with van der Waals surface area (Å²) in [5.41, 5.74) is 0. The summed E-state index contributed by atoms with van der Waals surface area (Å²) in [5.74, 6) is 0.0639. The van der Waals surface area contributed by atoms with Crippen LogP contribution in [0.5, 0.6) is 0 Å². The first-order valence-corrected chi connectivity index (χ1v) is 5.19. The van der Waals surface area contributed by atoms with Crippen molar-refractivity contribution < 1.29 is 4.79 Å². The number of rotatable bonds is 3. The standard InChI is InChI=1S/C9H12N2OS/c1-10-8-5-4-7(13-8)9(12)11-6-2-3-6/h4-6,10H,2-3H2,1H3,(H,11,12). The Morgan fingerprint density at radius 1 is 1.54 bits per heavy atom. The summed E-state index contributed by atoms with van der Waals surface area (Å²) in [7, 11) is 1.86. The Balaban J connectivity index is 2.01. The van der Waals surface area contributed by atoms with Gasteiger partial charge in [0.25, 0.3) is 5.91 Å². The molecule has 0 saturated heterocycles. The fraction of sp³-hybridized carbons (Fsp3) is 0.444. The van der Waals surface area contributed by atoms with Gasteiger partial charge in [0, 0.05) is 13.1 Å². The summed E-state index contributed by atoms with van der Waals surface area (Å²) in [6.45, 7) is 0. The molecule has 0 aromatic carbocycles. The van der Waals surface area contributed by atoms with Gasteiger partial charge in [-0.05, 0) is 25.0 Å². The fourth-order valence-corrected chi connectivity index (χ4v) is 1.84. The minimum atomic E-state index is 0.0639. The van der Waals surface area contributed by atoms with E-state index in [2.05, 4.69) is 10.6 Å².